The van der Waals surface area contributed by atoms with Gasteiger partial charge in [0.1, 0.15) is 6.61 Å². The number of carbonyl (C=O) groups excluding carboxylic acids is 1. The lowest BCUT2D eigenvalue weighted by atomic mass is 10.1. The fraction of sp³-hybridized carbons (Fsp3) is 0.333. The number of halogens is 1. The Kier molecular flexibility index (Phi) is 8.89. The van der Waals surface area contributed by atoms with E-state index in [4.69, 9.17) is 19.8 Å². The molecule has 5 rings (SSSR count). The number of nitrogens with one attached hydrogen (secondary N) is 1. The number of rotatable bonds is 10. The van der Waals surface area contributed by atoms with Gasteiger partial charge in [-0.25, -0.2) is 10.1 Å². The molecule has 0 bridgehead atoms. The lowest BCUT2D eigenvalue weighted by Crippen LogP contribution is -2.31. The van der Waals surface area contributed by atoms with Gasteiger partial charge < -0.3 is 15.2 Å². The van der Waals surface area contributed by atoms with Crippen molar-refractivity contribution in [2.45, 2.75) is 39.3 Å². The minimum atomic E-state index is -0.529. The summed E-state index contributed by atoms with van der Waals surface area (Å²) in [5.74, 6) is 0.777. The third-order valence-corrected chi connectivity index (χ3v) is 7.18. The molecule has 1 fully saturated rings. The van der Waals surface area contributed by atoms with Crippen LogP contribution in [0.25, 0.3) is 5.82 Å². The molecule has 0 saturated carbocycles. The van der Waals surface area contributed by atoms with Crippen LogP contribution in [0.15, 0.2) is 50.6 Å². The summed E-state index contributed by atoms with van der Waals surface area (Å²) in [6.07, 6.45) is 4.84. The minimum absolute atomic E-state index is 0.0469. The van der Waals surface area contributed by atoms with Gasteiger partial charge in [0.2, 0.25) is 11.6 Å². The number of anilines is 1. The SMILES string of the molecule is COc1cc(C=NNC(=O)c2nnn(-c3nonc3N)c2CN2CCCCC2)cc(Br)c1OCc1cccc(C)c1. The molecule has 0 spiro atoms. The van der Waals surface area contributed by atoms with E-state index < -0.39 is 5.91 Å². The zero-order valence-electron chi connectivity index (χ0n) is 22.7. The topological polar surface area (TPSA) is 159 Å². The molecule has 0 atom stereocenters. The van der Waals surface area contributed by atoms with Crippen LogP contribution in [0, 0.1) is 6.92 Å². The number of nitrogens with two attached hydrogens (primary N) is 1. The van der Waals surface area contributed by atoms with Gasteiger partial charge in [-0.3, -0.25) is 9.69 Å². The van der Waals surface area contributed by atoms with Crippen LogP contribution >= 0.6 is 15.9 Å². The van der Waals surface area contributed by atoms with E-state index in [0.29, 0.717) is 40.4 Å². The minimum Gasteiger partial charge on any atom is -0.493 e. The maximum Gasteiger partial charge on any atom is 0.293 e. The Bertz CT molecular complexity index is 1550. The number of carbonyl (C=O) groups is 1. The van der Waals surface area contributed by atoms with Gasteiger partial charge in [0, 0.05) is 6.54 Å². The second-order valence-corrected chi connectivity index (χ2v) is 10.5. The van der Waals surface area contributed by atoms with Gasteiger partial charge in [0.25, 0.3) is 5.91 Å². The Morgan fingerprint density at radius 1 is 1.22 bits per heavy atom. The summed E-state index contributed by atoms with van der Waals surface area (Å²) >= 11 is 3.56. The highest BCUT2D eigenvalue weighted by atomic mass is 79.9. The molecule has 2 aromatic carbocycles. The van der Waals surface area contributed by atoms with Crippen LogP contribution in [0.2, 0.25) is 0 Å². The van der Waals surface area contributed by atoms with Crippen LogP contribution in [0.5, 0.6) is 11.5 Å². The number of nitrogen functional groups attached to an aromatic ring is 1. The van der Waals surface area contributed by atoms with Gasteiger partial charge in [0.05, 0.1) is 23.5 Å². The van der Waals surface area contributed by atoms with Crippen molar-refractivity contribution in [2.75, 3.05) is 25.9 Å². The van der Waals surface area contributed by atoms with Gasteiger partial charge in [-0.1, -0.05) is 41.5 Å². The number of likely N-dealkylation sites (tertiary alicyclic amines) is 1. The summed E-state index contributed by atoms with van der Waals surface area (Å²) in [4.78, 5) is 15.4. The van der Waals surface area contributed by atoms with E-state index in [9.17, 15) is 4.79 Å². The van der Waals surface area contributed by atoms with E-state index in [1.165, 1.54) is 17.3 Å². The Balaban J connectivity index is 1.31. The Labute approximate surface area is 244 Å². The maximum atomic E-state index is 13.1. The lowest BCUT2D eigenvalue weighted by Gasteiger charge is -2.26. The van der Waals surface area contributed by atoms with Crippen molar-refractivity contribution in [3.8, 4) is 17.3 Å². The van der Waals surface area contributed by atoms with Crippen LogP contribution < -0.4 is 20.6 Å². The normalized spacial score (nSPS) is 13.9. The zero-order chi connectivity index (χ0) is 28.8. The van der Waals surface area contributed by atoms with Gasteiger partial charge in [-0.05, 0) is 82.4 Å². The lowest BCUT2D eigenvalue weighted by molar-refractivity contribution is 0.0947. The summed E-state index contributed by atoms with van der Waals surface area (Å²) in [6, 6.07) is 11.7. The number of hydrogen-bond acceptors (Lipinski definition) is 11. The number of ether oxygens (including phenoxy) is 2. The predicted octanol–water partition coefficient (Wildman–Crippen LogP) is 3.64. The molecule has 13 nitrogen and oxygen atoms in total. The number of piperidine rings is 1. The molecule has 0 unspecified atom stereocenters. The first-order valence-electron chi connectivity index (χ1n) is 13.1. The number of methoxy groups -OCH3 is 1. The number of amides is 1. The molecule has 0 aliphatic carbocycles. The fourth-order valence-electron chi connectivity index (χ4n) is 4.59. The molecule has 1 aliphatic heterocycles. The number of benzene rings is 2. The first kappa shape index (κ1) is 28.2. The third-order valence-electron chi connectivity index (χ3n) is 6.59. The van der Waals surface area contributed by atoms with Crippen LogP contribution in [0.4, 0.5) is 5.82 Å². The average Bonchev–Trinajstić information content (AvgIpc) is 3.58. The van der Waals surface area contributed by atoms with E-state index in [1.54, 1.807) is 13.2 Å². The van der Waals surface area contributed by atoms with Gasteiger partial charge >= 0.3 is 0 Å². The molecule has 41 heavy (non-hydrogen) atoms. The number of nitrogens with zero attached hydrogens (tertiary/aromatic N) is 7. The summed E-state index contributed by atoms with van der Waals surface area (Å²) in [5.41, 5.74) is 11.9. The monoisotopic (exact) mass is 623 g/mol. The molecule has 14 heteroatoms. The first-order valence-corrected chi connectivity index (χ1v) is 13.9. The highest BCUT2D eigenvalue weighted by Gasteiger charge is 2.26. The van der Waals surface area contributed by atoms with E-state index in [0.717, 1.165) is 37.1 Å². The number of hydrazone groups is 1. The van der Waals surface area contributed by atoms with Crippen molar-refractivity contribution in [1.82, 2.24) is 35.6 Å². The zero-order valence-corrected chi connectivity index (χ0v) is 24.3. The highest BCUT2D eigenvalue weighted by Crippen LogP contribution is 2.37. The van der Waals surface area contributed by atoms with Crippen molar-refractivity contribution in [1.29, 1.82) is 0 Å². The van der Waals surface area contributed by atoms with Crippen molar-refractivity contribution in [3.05, 3.63) is 68.9 Å². The predicted molar refractivity (Wildman–Crippen MR) is 154 cm³/mol. The Hall–Kier alpha value is -4.30. The molecule has 0 radical (unpaired) electrons. The number of aromatic nitrogens is 5. The molecule has 2 aromatic heterocycles. The quantitative estimate of drug-likeness (QED) is 0.197. The average molecular weight is 625 g/mol. The second-order valence-electron chi connectivity index (χ2n) is 9.62. The van der Waals surface area contributed by atoms with E-state index >= 15 is 0 Å². The van der Waals surface area contributed by atoms with Crippen molar-refractivity contribution >= 4 is 33.9 Å². The summed E-state index contributed by atoms with van der Waals surface area (Å²) < 4.78 is 18.4. The third kappa shape index (κ3) is 6.72. The van der Waals surface area contributed by atoms with Crippen LogP contribution in [-0.2, 0) is 13.2 Å². The van der Waals surface area contributed by atoms with Crippen molar-refractivity contribution < 1.29 is 18.9 Å². The van der Waals surface area contributed by atoms with Gasteiger partial charge in [-0.2, -0.15) is 9.78 Å². The van der Waals surface area contributed by atoms with Gasteiger partial charge in [0.15, 0.2) is 17.2 Å². The smallest absolute Gasteiger partial charge is 0.293 e. The van der Waals surface area contributed by atoms with Crippen LogP contribution in [-0.4, -0.2) is 62.5 Å². The maximum absolute atomic E-state index is 13.1. The first-order chi connectivity index (χ1) is 19.9. The molecule has 3 heterocycles. The molecule has 3 N–H and O–H groups in total. The van der Waals surface area contributed by atoms with Crippen LogP contribution in [0.1, 0.15) is 52.1 Å². The van der Waals surface area contributed by atoms with Gasteiger partial charge in [-0.15, -0.1) is 5.10 Å². The van der Waals surface area contributed by atoms with Crippen LogP contribution in [0.3, 0.4) is 0 Å². The largest absolute Gasteiger partial charge is 0.493 e. The van der Waals surface area contributed by atoms with Crippen molar-refractivity contribution in [2.24, 2.45) is 5.10 Å². The van der Waals surface area contributed by atoms with E-state index in [2.05, 4.69) is 58.0 Å². The molecular formula is C27H30BrN9O4. The Morgan fingerprint density at radius 3 is 2.78 bits per heavy atom. The Morgan fingerprint density at radius 2 is 2.05 bits per heavy atom. The number of aryl methyl sites for hydroxylation is 1. The molecule has 1 amide bonds. The molecule has 4 aromatic rings. The summed E-state index contributed by atoms with van der Waals surface area (Å²) in [7, 11) is 1.56. The van der Waals surface area contributed by atoms with Crippen molar-refractivity contribution in [3.63, 3.8) is 0 Å². The summed E-state index contributed by atoms with van der Waals surface area (Å²) in [5, 5.41) is 19.8. The molecule has 214 valence electrons. The molecule has 1 aliphatic rings. The standard InChI is InChI=1S/C27H30BrN9O4/c1-17-7-6-8-18(11-17)16-40-24-20(28)12-19(13-22(24)39-2)14-30-32-27(38)23-21(15-36-9-4-3-5-10-36)37(35-31-23)26-25(29)33-41-34-26/h6-8,11-14H,3-5,9-10,15-16H2,1-2H3,(H2,29,33)(H,32,38). The highest BCUT2D eigenvalue weighted by molar-refractivity contribution is 9.10. The molecule has 1 saturated heterocycles. The summed E-state index contributed by atoms with van der Waals surface area (Å²) in [6.45, 7) is 4.65. The fourth-order valence-corrected chi connectivity index (χ4v) is 5.16. The van der Waals surface area contributed by atoms with E-state index in [1.807, 2.05) is 31.2 Å². The van der Waals surface area contributed by atoms with E-state index in [-0.39, 0.29) is 17.3 Å². The molecular weight excluding hydrogens is 594 g/mol. The second kappa shape index (κ2) is 12.9. The number of hydrogen-bond donors (Lipinski definition) is 2.